The lowest BCUT2D eigenvalue weighted by molar-refractivity contribution is -0.152. The second kappa shape index (κ2) is 14.5. The van der Waals surface area contributed by atoms with Gasteiger partial charge in [0.1, 0.15) is 24.7 Å². The Bertz CT molecular complexity index is 646. The van der Waals surface area contributed by atoms with Crippen LogP contribution in [-0.4, -0.2) is 57.2 Å². The van der Waals surface area contributed by atoms with Crippen LogP contribution in [0, 0.1) is 11.8 Å². The van der Waals surface area contributed by atoms with Gasteiger partial charge in [-0.05, 0) is 43.0 Å². The van der Waals surface area contributed by atoms with Crippen molar-refractivity contribution in [1.82, 2.24) is 5.32 Å². The predicted molar refractivity (Wildman–Crippen MR) is 115 cm³/mol. The highest BCUT2D eigenvalue weighted by Gasteiger charge is 2.28. The minimum Gasteiger partial charge on any atom is -0.497 e. The van der Waals surface area contributed by atoms with Crippen LogP contribution >= 0.6 is 0 Å². The summed E-state index contributed by atoms with van der Waals surface area (Å²) in [5.74, 6) is -0.106. The molecule has 1 aromatic rings. The highest BCUT2D eigenvalue weighted by molar-refractivity contribution is 5.87. The molecule has 3 N–H and O–H groups in total. The molecular formula is C22H36N2O6. The minimum absolute atomic E-state index is 0.00680. The number of rotatable bonds is 10. The van der Waals surface area contributed by atoms with Crippen LogP contribution in [0.2, 0.25) is 0 Å². The van der Waals surface area contributed by atoms with Crippen molar-refractivity contribution in [2.24, 2.45) is 17.6 Å². The number of hydrogen-bond acceptors (Lipinski definition) is 7. The van der Waals surface area contributed by atoms with Gasteiger partial charge in [0.2, 0.25) is 5.91 Å². The van der Waals surface area contributed by atoms with E-state index in [1.807, 2.05) is 27.7 Å². The number of ether oxygens (including phenoxy) is 3. The molecule has 0 heterocycles. The summed E-state index contributed by atoms with van der Waals surface area (Å²) >= 11 is 0. The van der Waals surface area contributed by atoms with E-state index >= 15 is 0 Å². The fourth-order valence-electron chi connectivity index (χ4n) is 2.09. The fraction of sp³-hybridized carbons (Fsp3) is 0.591. The molecule has 1 rings (SSSR count). The number of esters is 1. The molecule has 0 saturated heterocycles. The molecule has 0 aromatic heterocycles. The van der Waals surface area contributed by atoms with Crippen LogP contribution in [0.4, 0.5) is 0 Å². The first kappa shape index (κ1) is 27.5. The second-order valence-corrected chi connectivity index (χ2v) is 7.57. The van der Waals surface area contributed by atoms with E-state index in [2.05, 4.69) is 5.32 Å². The zero-order chi connectivity index (χ0) is 23.3. The van der Waals surface area contributed by atoms with Gasteiger partial charge in [-0.15, -0.1) is 0 Å². The molecule has 30 heavy (non-hydrogen) atoms. The predicted octanol–water partition coefficient (Wildman–Crippen LogP) is 2.20. The van der Waals surface area contributed by atoms with Crippen molar-refractivity contribution in [2.45, 2.75) is 52.8 Å². The topological polar surface area (TPSA) is 117 Å². The molecular weight excluding hydrogens is 388 g/mol. The van der Waals surface area contributed by atoms with Crippen molar-refractivity contribution < 1.29 is 28.6 Å². The van der Waals surface area contributed by atoms with Crippen molar-refractivity contribution in [3.05, 3.63) is 29.8 Å². The summed E-state index contributed by atoms with van der Waals surface area (Å²) in [6, 6.07) is 5.60. The van der Waals surface area contributed by atoms with Crippen LogP contribution in [0.25, 0.3) is 0 Å². The maximum absolute atomic E-state index is 12.0. The Morgan fingerprint density at radius 3 is 2.00 bits per heavy atom. The first-order valence-electron chi connectivity index (χ1n) is 9.91. The monoisotopic (exact) mass is 424 g/mol. The highest BCUT2D eigenvalue weighted by atomic mass is 16.6. The third kappa shape index (κ3) is 10.4. The third-order valence-corrected chi connectivity index (χ3v) is 4.35. The molecule has 170 valence electrons. The van der Waals surface area contributed by atoms with Crippen molar-refractivity contribution in [3.8, 4) is 5.75 Å². The number of carbonyl (C=O) groups excluding carboxylic acids is 3. The summed E-state index contributed by atoms with van der Waals surface area (Å²) in [5, 5.41) is 2.66. The van der Waals surface area contributed by atoms with Gasteiger partial charge in [-0.25, -0.2) is 4.79 Å². The molecule has 1 amide bonds. The first-order chi connectivity index (χ1) is 14.1. The van der Waals surface area contributed by atoms with Crippen LogP contribution in [0.1, 0.15) is 45.0 Å². The molecule has 0 radical (unpaired) electrons. The van der Waals surface area contributed by atoms with Crippen molar-refractivity contribution in [1.29, 1.82) is 0 Å². The Morgan fingerprint density at radius 2 is 1.60 bits per heavy atom. The SMILES string of the molecule is COC(C)COC(=O)C(NC(=O)C(N)C(C)C)C(C)C.COc1ccc(C=O)cc1. The fourth-order valence-corrected chi connectivity index (χ4v) is 2.09. The molecule has 0 bridgehead atoms. The van der Waals surface area contributed by atoms with E-state index in [1.54, 1.807) is 45.4 Å². The molecule has 8 heteroatoms. The summed E-state index contributed by atoms with van der Waals surface area (Å²) in [7, 11) is 3.14. The molecule has 0 spiro atoms. The van der Waals surface area contributed by atoms with E-state index in [9.17, 15) is 14.4 Å². The number of benzene rings is 1. The molecule has 0 aliphatic carbocycles. The summed E-state index contributed by atoms with van der Waals surface area (Å²) in [6.07, 6.45) is 0.625. The Kier molecular flexibility index (Phi) is 13.3. The van der Waals surface area contributed by atoms with E-state index in [4.69, 9.17) is 19.9 Å². The highest BCUT2D eigenvalue weighted by Crippen LogP contribution is 2.09. The lowest BCUT2D eigenvalue weighted by atomic mass is 10.0. The zero-order valence-corrected chi connectivity index (χ0v) is 19.0. The zero-order valence-electron chi connectivity index (χ0n) is 19.0. The van der Waals surface area contributed by atoms with Gasteiger partial charge in [0, 0.05) is 12.7 Å². The van der Waals surface area contributed by atoms with E-state index < -0.39 is 18.1 Å². The Hall–Kier alpha value is -2.45. The number of hydrogen-bond donors (Lipinski definition) is 2. The molecule has 0 fully saturated rings. The molecule has 3 unspecified atom stereocenters. The molecule has 0 aliphatic heterocycles. The van der Waals surface area contributed by atoms with E-state index in [-0.39, 0.29) is 30.5 Å². The Labute approximate surface area is 179 Å². The number of nitrogens with two attached hydrogens (primary N) is 1. The lowest BCUT2D eigenvalue weighted by Crippen LogP contribution is -2.52. The van der Waals surface area contributed by atoms with Gasteiger partial charge in [-0.3, -0.25) is 9.59 Å². The van der Waals surface area contributed by atoms with Gasteiger partial charge in [0.05, 0.1) is 19.3 Å². The van der Waals surface area contributed by atoms with Gasteiger partial charge in [-0.1, -0.05) is 27.7 Å². The van der Waals surface area contributed by atoms with E-state index in [1.165, 1.54) is 0 Å². The standard InChI is InChI=1S/C14H28N2O4.C8H8O2/c1-8(2)11(15)13(17)16-12(9(3)4)14(18)20-7-10(5)19-6;1-10-8-4-2-7(6-9)3-5-8/h8-12H,7,15H2,1-6H3,(H,16,17);2-6H,1H3. The minimum atomic E-state index is -0.698. The number of nitrogens with one attached hydrogen (secondary N) is 1. The van der Waals surface area contributed by atoms with Gasteiger partial charge >= 0.3 is 5.97 Å². The van der Waals surface area contributed by atoms with Crippen LogP contribution in [0.5, 0.6) is 5.75 Å². The van der Waals surface area contributed by atoms with E-state index in [0.717, 1.165) is 12.0 Å². The third-order valence-electron chi connectivity index (χ3n) is 4.35. The average molecular weight is 425 g/mol. The summed E-state index contributed by atoms with van der Waals surface area (Å²) in [4.78, 5) is 34.1. The smallest absolute Gasteiger partial charge is 0.328 e. The van der Waals surface area contributed by atoms with Crippen LogP contribution in [0.15, 0.2) is 24.3 Å². The van der Waals surface area contributed by atoms with E-state index in [0.29, 0.717) is 5.56 Å². The second-order valence-electron chi connectivity index (χ2n) is 7.57. The van der Waals surface area contributed by atoms with Gasteiger partial charge in [-0.2, -0.15) is 0 Å². The normalized spacial score (nSPS) is 13.5. The van der Waals surface area contributed by atoms with Gasteiger partial charge < -0.3 is 25.3 Å². The maximum Gasteiger partial charge on any atom is 0.328 e. The van der Waals surface area contributed by atoms with Crippen LogP contribution in [-0.2, 0) is 19.1 Å². The molecule has 8 nitrogen and oxygen atoms in total. The lowest BCUT2D eigenvalue weighted by Gasteiger charge is -2.24. The number of methoxy groups -OCH3 is 2. The van der Waals surface area contributed by atoms with Crippen molar-refractivity contribution in [2.75, 3.05) is 20.8 Å². The summed E-state index contributed by atoms with van der Waals surface area (Å²) in [6.45, 7) is 9.34. The number of aldehydes is 1. The quantitative estimate of drug-likeness (QED) is 0.437. The largest absolute Gasteiger partial charge is 0.497 e. The number of amides is 1. The Balaban J connectivity index is 0.000000696. The van der Waals surface area contributed by atoms with Crippen molar-refractivity contribution >= 4 is 18.2 Å². The van der Waals surface area contributed by atoms with Gasteiger partial charge in [0.15, 0.2) is 0 Å². The van der Waals surface area contributed by atoms with Crippen LogP contribution < -0.4 is 15.8 Å². The van der Waals surface area contributed by atoms with Crippen LogP contribution in [0.3, 0.4) is 0 Å². The molecule has 0 aliphatic rings. The summed E-state index contributed by atoms with van der Waals surface area (Å²) in [5.41, 5.74) is 6.44. The maximum atomic E-state index is 12.0. The van der Waals surface area contributed by atoms with Gasteiger partial charge in [0.25, 0.3) is 0 Å². The molecule has 3 atom stereocenters. The Morgan fingerprint density at radius 1 is 1.03 bits per heavy atom. The first-order valence-corrected chi connectivity index (χ1v) is 9.91. The average Bonchev–Trinajstić information content (AvgIpc) is 2.74. The van der Waals surface area contributed by atoms with Crippen molar-refractivity contribution in [3.63, 3.8) is 0 Å². The molecule has 1 aromatic carbocycles. The summed E-state index contributed by atoms with van der Waals surface area (Å²) < 4.78 is 15.0. The number of carbonyl (C=O) groups is 3. The molecule has 0 saturated carbocycles.